The lowest BCUT2D eigenvalue weighted by atomic mass is 10.1. The third-order valence-corrected chi connectivity index (χ3v) is 2.41. The first-order chi connectivity index (χ1) is 11.1. The van der Waals surface area contributed by atoms with E-state index in [1.807, 2.05) is 0 Å². The second-order valence-electron chi connectivity index (χ2n) is 7.47. The van der Waals surface area contributed by atoms with Gasteiger partial charge >= 0.3 is 24.1 Å². The van der Waals surface area contributed by atoms with Crippen LogP contribution in [0.15, 0.2) is 0 Å². The third-order valence-electron chi connectivity index (χ3n) is 2.41. The summed E-state index contributed by atoms with van der Waals surface area (Å²) in [7, 11) is 0. The fourth-order valence-corrected chi connectivity index (χ4v) is 1.60. The molecule has 0 spiro atoms. The molecule has 0 unspecified atom stereocenters. The molecule has 0 aliphatic rings. The number of amides is 2. The average molecular weight is 360 g/mol. The van der Waals surface area contributed by atoms with E-state index in [0.717, 1.165) is 6.92 Å². The van der Waals surface area contributed by atoms with Crippen molar-refractivity contribution in [3.05, 3.63) is 0 Å². The Morgan fingerprint density at radius 3 is 1.56 bits per heavy atom. The highest BCUT2D eigenvalue weighted by Gasteiger charge is 2.33. The predicted octanol–water partition coefficient (Wildman–Crippen LogP) is 1.88. The monoisotopic (exact) mass is 360 g/mol. The minimum absolute atomic E-state index is 0.738. The van der Waals surface area contributed by atoms with E-state index in [4.69, 9.17) is 9.47 Å². The summed E-state index contributed by atoms with van der Waals surface area (Å²) in [4.78, 5) is 46.8. The van der Waals surface area contributed by atoms with Gasteiger partial charge in [-0.1, -0.05) is 0 Å². The number of hydrogen-bond donors (Lipinski definition) is 2. The lowest BCUT2D eigenvalue weighted by molar-refractivity contribution is -0.160. The van der Waals surface area contributed by atoms with E-state index < -0.39 is 47.4 Å². The summed E-state index contributed by atoms with van der Waals surface area (Å²) in [6.07, 6.45) is -1.68. The molecular weight excluding hydrogens is 332 g/mol. The van der Waals surface area contributed by atoms with Crippen LogP contribution in [-0.2, 0) is 23.8 Å². The van der Waals surface area contributed by atoms with Crippen LogP contribution in [0, 0.1) is 0 Å². The number of esters is 2. The van der Waals surface area contributed by atoms with Gasteiger partial charge in [0.1, 0.15) is 11.2 Å². The zero-order valence-corrected chi connectivity index (χ0v) is 16.0. The highest BCUT2D eigenvalue weighted by Crippen LogP contribution is 2.09. The maximum absolute atomic E-state index is 12.1. The van der Waals surface area contributed by atoms with Crippen molar-refractivity contribution in [2.45, 2.75) is 78.7 Å². The fraction of sp³-hybridized carbons (Fsp3) is 0.750. The van der Waals surface area contributed by atoms with Crippen molar-refractivity contribution in [3.63, 3.8) is 0 Å². The maximum Gasteiger partial charge on any atom is 0.408 e. The van der Waals surface area contributed by atoms with Crippen molar-refractivity contribution in [2.24, 2.45) is 0 Å². The molecule has 0 fully saturated rings. The molecule has 25 heavy (non-hydrogen) atoms. The molecule has 9 heteroatoms. The minimum atomic E-state index is -1.34. The molecule has 0 rings (SSSR count). The van der Waals surface area contributed by atoms with Gasteiger partial charge in [0, 0.05) is 6.92 Å². The van der Waals surface area contributed by atoms with Crippen LogP contribution in [0.1, 0.15) is 55.4 Å². The summed E-state index contributed by atoms with van der Waals surface area (Å²) < 4.78 is 14.7. The van der Waals surface area contributed by atoms with Gasteiger partial charge in [-0.05, 0) is 48.5 Å². The second-order valence-corrected chi connectivity index (χ2v) is 7.47. The van der Waals surface area contributed by atoms with Crippen LogP contribution < -0.4 is 10.6 Å². The molecule has 2 atom stereocenters. The number of carbonyl (C=O) groups is 4. The standard InChI is InChI=1S/C16H28N2O7/c1-9(17-13(21)24-15(3,4)5)11(12(20)23-10(2)19)18-14(22)25-16(6,7)8/h9,11H,1-8H3,(H,17,21)(H,18,22)/t9-,11+/m1/s1. The number of alkyl carbamates (subject to hydrolysis) is 2. The van der Waals surface area contributed by atoms with Crippen molar-refractivity contribution in [1.29, 1.82) is 0 Å². The Kier molecular flexibility index (Phi) is 7.88. The Labute approximate surface area is 147 Å². The summed E-state index contributed by atoms with van der Waals surface area (Å²) in [6, 6.07) is -2.26. The van der Waals surface area contributed by atoms with E-state index in [0.29, 0.717) is 0 Å². The number of nitrogens with one attached hydrogen (secondary N) is 2. The molecule has 144 valence electrons. The molecule has 2 N–H and O–H groups in total. The van der Waals surface area contributed by atoms with Crippen LogP contribution in [0.4, 0.5) is 9.59 Å². The Morgan fingerprint density at radius 1 is 0.800 bits per heavy atom. The van der Waals surface area contributed by atoms with Crippen molar-refractivity contribution >= 4 is 24.1 Å². The van der Waals surface area contributed by atoms with Crippen LogP contribution in [0.2, 0.25) is 0 Å². The minimum Gasteiger partial charge on any atom is -0.444 e. The molecule has 0 heterocycles. The number of hydrogen-bond acceptors (Lipinski definition) is 7. The second kappa shape index (κ2) is 8.68. The largest absolute Gasteiger partial charge is 0.444 e. The summed E-state index contributed by atoms with van der Waals surface area (Å²) in [5, 5.41) is 4.70. The molecule has 0 aromatic carbocycles. The molecule has 0 aliphatic carbocycles. The van der Waals surface area contributed by atoms with Gasteiger partial charge in [-0.15, -0.1) is 0 Å². The van der Waals surface area contributed by atoms with E-state index in [1.165, 1.54) is 6.92 Å². The molecule has 0 aliphatic heterocycles. The smallest absolute Gasteiger partial charge is 0.408 e. The van der Waals surface area contributed by atoms with Crippen molar-refractivity contribution < 1.29 is 33.4 Å². The predicted molar refractivity (Wildman–Crippen MR) is 88.8 cm³/mol. The molecule has 9 nitrogen and oxygen atoms in total. The molecule has 0 aromatic heterocycles. The lowest BCUT2D eigenvalue weighted by Crippen LogP contribution is -2.56. The van der Waals surface area contributed by atoms with Gasteiger partial charge in [0.05, 0.1) is 6.04 Å². The summed E-state index contributed by atoms with van der Waals surface area (Å²) in [5.41, 5.74) is -1.53. The number of rotatable bonds is 4. The van der Waals surface area contributed by atoms with Gasteiger partial charge in [0.25, 0.3) is 0 Å². The first-order valence-electron chi connectivity index (χ1n) is 7.82. The zero-order valence-electron chi connectivity index (χ0n) is 16.0. The molecule has 0 radical (unpaired) electrons. The van der Waals surface area contributed by atoms with Crippen LogP contribution in [0.5, 0.6) is 0 Å². The van der Waals surface area contributed by atoms with E-state index in [9.17, 15) is 19.2 Å². The summed E-state index contributed by atoms with van der Waals surface area (Å²) >= 11 is 0. The molecule has 0 bridgehead atoms. The van der Waals surface area contributed by atoms with E-state index in [2.05, 4.69) is 15.4 Å². The highest BCUT2D eigenvalue weighted by atomic mass is 16.6. The quantitative estimate of drug-likeness (QED) is 0.446. The van der Waals surface area contributed by atoms with E-state index >= 15 is 0 Å². The van der Waals surface area contributed by atoms with E-state index in [-0.39, 0.29) is 0 Å². The zero-order chi connectivity index (χ0) is 20.0. The van der Waals surface area contributed by atoms with Crippen LogP contribution >= 0.6 is 0 Å². The Bertz CT molecular complexity index is 518. The van der Waals surface area contributed by atoms with Gasteiger partial charge < -0.3 is 24.8 Å². The maximum atomic E-state index is 12.1. The molecule has 0 aromatic rings. The van der Waals surface area contributed by atoms with Gasteiger partial charge in [0.2, 0.25) is 0 Å². The van der Waals surface area contributed by atoms with Gasteiger partial charge in [-0.25, -0.2) is 14.4 Å². The Morgan fingerprint density at radius 2 is 1.20 bits per heavy atom. The number of ether oxygens (including phenoxy) is 3. The van der Waals surface area contributed by atoms with Crippen LogP contribution in [-0.4, -0.2) is 47.4 Å². The summed E-state index contributed by atoms with van der Waals surface area (Å²) in [6.45, 7) is 12.5. The third kappa shape index (κ3) is 11.0. The molecule has 2 amide bonds. The topological polar surface area (TPSA) is 120 Å². The SMILES string of the molecule is CC(=O)OC(=O)[C@@H](NC(=O)OC(C)(C)C)[C@@H](C)NC(=O)OC(C)(C)C. The van der Waals surface area contributed by atoms with Crippen molar-refractivity contribution in [3.8, 4) is 0 Å². The molecule has 0 saturated carbocycles. The average Bonchev–Trinajstić information content (AvgIpc) is 2.29. The Hall–Kier alpha value is -2.32. The van der Waals surface area contributed by atoms with E-state index in [1.54, 1.807) is 41.5 Å². The highest BCUT2D eigenvalue weighted by molar-refractivity contribution is 5.90. The number of carbonyl (C=O) groups excluding carboxylic acids is 4. The molecule has 0 saturated heterocycles. The normalized spacial score (nSPS) is 13.9. The van der Waals surface area contributed by atoms with Crippen LogP contribution in [0.3, 0.4) is 0 Å². The van der Waals surface area contributed by atoms with Crippen molar-refractivity contribution in [2.75, 3.05) is 0 Å². The fourth-order valence-electron chi connectivity index (χ4n) is 1.60. The Balaban J connectivity index is 5.11. The van der Waals surface area contributed by atoms with Gasteiger partial charge in [0.15, 0.2) is 6.04 Å². The summed E-state index contributed by atoms with van der Waals surface area (Å²) in [5.74, 6) is -1.87. The van der Waals surface area contributed by atoms with Gasteiger partial charge in [-0.3, -0.25) is 4.79 Å². The van der Waals surface area contributed by atoms with Crippen molar-refractivity contribution in [1.82, 2.24) is 10.6 Å². The first kappa shape index (κ1) is 22.7. The molecular formula is C16H28N2O7. The van der Waals surface area contributed by atoms with Crippen LogP contribution in [0.25, 0.3) is 0 Å². The van der Waals surface area contributed by atoms with Gasteiger partial charge in [-0.2, -0.15) is 0 Å². The lowest BCUT2D eigenvalue weighted by Gasteiger charge is -2.27. The first-order valence-corrected chi connectivity index (χ1v) is 7.82.